The monoisotopic (exact) mass is 317 g/mol. The molecule has 0 saturated heterocycles. The van der Waals surface area contributed by atoms with Gasteiger partial charge in [0.2, 0.25) is 0 Å². The van der Waals surface area contributed by atoms with Gasteiger partial charge >= 0.3 is 0 Å². The Bertz CT molecular complexity index is 903. The number of anilines is 1. The van der Waals surface area contributed by atoms with Crippen LogP contribution in [0.4, 0.5) is 5.69 Å². The molecular formula is C21H19NO2. The van der Waals surface area contributed by atoms with Crippen molar-refractivity contribution in [2.75, 3.05) is 11.9 Å². The van der Waals surface area contributed by atoms with E-state index >= 15 is 0 Å². The fourth-order valence-electron chi connectivity index (χ4n) is 3.42. The van der Waals surface area contributed by atoms with Gasteiger partial charge in [-0.05, 0) is 66.6 Å². The smallest absolute Gasteiger partial charge is 0.255 e. The third kappa shape index (κ3) is 2.52. The Labute approximate surface area is 141 Å². The summed E-state index contributed by atoms with van der Waals surface area (Å²) >= 11 is 0. The van der Waals surface area contributed by atoms with E-state index in [0.29, 0.717) is 12.2 Å². The minimum atomic E-state index is -0.100. The Morgan fingerprint density at radius 1 is 1.00 bits per heavy atom. The summed E-state index contributed by atoms with van der Waals surface area (Å²) in [6, 6.07) is 17.7. The van der Waals surface area contributed by atoms with Crippen LogP contribution in [0.1, 0.15) is 28.4 Å². The van der Waals surface area contributed by atoms with Gasteiger partial charge in [-0.25, -0.2) is 0 Å². The van der Waals surface area contributed by atoms with E-state index in [0.717, 1.165) is 29.7 Å². The number of amides is 1. The maximum absolute atomic E-state index is 12.6. The van der Waals surface area contributed by atoms with Gasteiger partial charge in [0, 0.05) is 16.6 Å². The Balaban J connectivity index is 1.64. The molecule has 0 heterocycles. The second-order valence-electron chi connectivity index (χ2n) is 6.02. The molecule has 0 fully saturated rings. The van der Waals surface area contributed by atoms with Gasteiger partial charge in [-0.15, -0.1) is 0 Å². The number of ether oxygens (including phenoxy) is 1. The first kappa shape index (κ1) is 14.8. The lowest BCUT2D eigenvalue weighted by Gasteiger charge is -2.11. The molecule has 0 radical (unpaired) electrons. The Kier molecular flexibility index (Phi) is 3.69. The minimum Gasteiger partial charge on any atom is -0.494 e. The summed E-state index contributed by atoms with van der Waals surface area (Å²) in [5.41, 5.74) is 4.25. The van der Waals surface area contributed by atoms with Crippen molar-refractivity contribution < 1.29 is 9.53 Å². The lowest BCUT2D eigenvalue weighted by atomic mass is 10.0. The zero-order chi connectivity index (χ0) is 16.5. The average molecular weight is 317 g/mol. The molecule has 1 aliphatic rings. The second kappa shape index (κ2) is 6.00. The lowest BCUT2D eigenvalue weighted by molar-refractivity contribution is 0.102. The molecule has 0 spiro atoms. The molecule has 3 aromatic rings. The second-order valence-corrected chi connectivity index (χ2v) is 6.02. The molecule has 0 unspecified atom stereocenters. The summed E-state index contributed by atoms with van der Waals surface area (Å²) in [6.07, 6.45) is 2.17. The zero-order valence-corrected chi connectivity index (χ0v) is 13.6. The maximum atomic E-state index is 12.6. The van der Waals surface area contributed by atoms with E-state index in [2.05, 4.69) is 29.6 Å². The Hall–Kier alpha value is -2.81. The standard InChI is InChI=1S/C21H19NO2/c1-2-24-17-11-8-16(9-12-17)21(23)22-19-13-10-15-7-6-14-4-3-5-18(19)20(14)15/h3-5,8-13H,2,6-7H2,1H3,(H,22,23). The Morgan fingerprint density at radius 3 is 2.50 bits per heavy atom. The van der Waals surface area contributed by atoms with Gasteiger partial charge in [0.05, 0.1) is 6.61 Å². The largest absolute Gasteiger partial charge is 0.494 e. The number of benzene rings is 3. The van der Waals surface area contributed by atoms with Crippen LogP contribution < -0.4 is 10.1 Å². The van der Waals surface area contributed by atoms with Gasteiger partial charge in [-0.3, -0.25) is 4.79 Å². The number of rotatable bonds is 4. The first-order valence-corrected chi connectivity index (χ1v) is 8.34. The van der Waals surface area contributed by atoms with Crippen molar-refractivity contribution in [1.82, 2.24) is 0 Å². The van der Waals surface area contributed by atoms with Crippen molar-refractivity contribution in [1.29, 1.82) is 0 Å². The van der Waals surface area contributed by atoms with Crippen molar-refractivity contribution in [3.05, 3.63) is 71.3 Å². The quantitative estimate of drug-likeness (QED) is 0.764. The van der Waals surface area contributed by atoms with E-state index in [1.54, 1.807) is 12.1 Å². The van der Waals surface area contributed by atoms with Crippen LogP contribution in [0.3, 0.4) is 0 Å². The SMILES string of the molecule is CCOc1ccc(C(=O)Nc2ccc3c4c(cccc24)CC3)cc1. The van der Waals surface area contributed by atoms with Gasteiger partial charge in [0.15, 0.2) is 0 Å². The first-order valence-electron chi connectivity index (χ1n) is 8.34. The lowest BCUT2D eigenvalue weighted by Crippen LogP contribution is -2.12. The molecule has 3 nitrogen and oxygen atoms in total. The van der Waals surface area contributed by atoms with Crippen molar-refractivity contribution in [3.8, 4) is 5.75 Å². The molecular weight excluding hydrogens is 298 g/mol. The van der Waals surface area contributed by atoms with E-state index < -0.39 is 0 Å². The normalized spacial score (nSPS) is 12.4. The van der Waals surface area contributed by atoms with Crippen LogP contribution >= 0.6 is 0 Å². The number of aryl methyl sites for hydroxylation is 2. The first-order chi connectivity index (χ1) is 11.8. The summed E-state index contributed by atoms with van der Waals surface area (Å²) in [4.78, 5) is 12.6. The highest BCUT2D eigenvalue weighted by atomic mass is 16.5. The maximum Gasteiger partial charge on any atom is 0.255 e. The van der Waals surface area contributed by atoms with Gasteiger partial charge in [0.1, 0.15) is 5.75 Å². The average Bonchev–Trinajstić information content (AvgIpc) is 3.03. The highest BCUT2D eigenvalue weighted by Gasteiger charge is 2.17. The third-order valence-electron chi connectivity index (χ3n) is 4.55. The third-order valence-corrected chi connectivity index (χ3v) is 4.55. The van der Waals surface area contributed by atoms with E-state index in [-0.39, 0.29) is 5.91 Å². The summed E-state index contributed by atoms with van der Waals surface area (Å²) in [5.74, 6) is 0.677. The van der Waals surface area contributed by atoms with Crippen molar-refractivity contribution in [2.24, 2.45) is 0 Å². The number of hydrogen-bond acceptors (Lipinski definition) is 2. The fraction of sp³-hybridized carbons (Fsp3) is 0.190. The zero-order valence-electron chi connectivity index (χ0n) is 13.6. The summed E-state index contributed by atoms with van der Waals surface area (Å²) in [5, 5.41) is 5.49. The van der Waals surface area contributed by atoms with Crippen molar-refractivity contribution in [2.45, 2.75) is 19.8 Å². The molecule has 0 aliphatic heterocycles. The molecule has 1 aliphatic carbocycles. The molecule has 3 heteroatoms. The molecule has 3 aromatic carbocycles. The predicted molar refractivity (Wildman–Crippen MR) is 96.9 cm³/mol. The summed E-state index contributed by atoms with van der Waals surface area (Å²) in [7, 11) is 0. The van der Waals surface area contributed by atoms with Gasteiger partial charge in [0.25, 0.3) is 5.91 Å². The van der Waals surface area contributed by atoms with Gasteiger partial charge < -0.3 is 10.1 Å². The van der Waals surface area contributed by atoms with Gasteiger partial charge in [-0.2, -0.15) is 0 Å². The van der Waals surface area contributed by atoms with Crippen LogP contribution in [0.5, 0.6) is 5.75 Å². The number of nitrogens with one attached hydrogen (secondary N) is 1. The molecule has 0 aromatic heterocycles. The molecule has 1 amide bonds. The van der Waals surface area contributed by atoms with Crippen LogP contribution in [0.15, 0.2) is 54.6 Å². The molecule has 120 valence electrons. The topological polar surface area (TPSA) is 38.3 Å². The van der Waals surface area contributed by atoms with E-state index in [1.807, 2.05) is 25.1 Å². The Morgan fingerprint density at radius 2 is 1.75 bits per heavy atom. The summed E-state index contributed by atoms with van der Waals surface area (Å²) < 4.78 is 5.42. The number of hydrogen-bond donors (Lipinski definition) is 1. The van der Waals surface area contributed by atoms with Crippen molar-refractivity contribution in [3.63, 3.8) is 0 Å². The van der Waals surface area contributed by atoms with E-state index in [9.17, 15) is 4.79 Å². The number of carbonyl (C=O) groups is 1. The van der Waals surface area contributed by atoms with Crippen molar-refractivity contribution >= 4 is 22.4 Å². The molecule has 0 atom stereocenters. The molecule has 24 heavy (non-hydrogen) atoms. The molecule has 0 saturated carbocycles. The van der Waals surface area contributed by atoms with E-state index in [4.69, 9.17) is 4.74 Å². The highest BCUT2D eigenvalue weighted by Crippen LogP contribution is 2.35. The highest BCUT2D eigenvalue weighted by molar-refractivity contribution is 6.10. The van der Waals surface area contributed by atoms with Crippen LogP contribution in [0.2, 0.25) is 0 Å². The van der Waals surface area contributed by atoms with Crippen LogP contribution in [0.25, 0.3) is 10.8 Å². The van der Waals surface area contributed by atoms with Crippen LogP contribution in [0, 0.1) is 0 Å². The van der Waals surface area contributed by atoms with E-state index in [1.165, 1.54) is 16.5 Å². The van der Waals surface area contributed by atoms with Crippen LogP contribution in [-0.2, 0) is 12.8 Å². The molecule has 4 rings (SSSR count). The minimum absolute atomic E-state index is 0.100. The fourth-order valence-corrected chi connectivity index (χ4v) is 3.42. The molecule has 0 bridgehead atoms. The number of carbonyl (C=O) groups excluding carboxylic acids is 1. The van der Waals surface area contributed by atoms with Gasteiger partial charge in [-0.1, -0.05) is 24.3 Å². The summed E-state index contributed by atoms with van der Waals surface area (Å²) in [6.45, 7) is 2.56. The van der Waals surface area contributed by atoms with Crippen LogP contribution in [-0.4, -0.2) is 12.5 Å². The molecule has 1 N–H and O–H groups in total. The predicted octanol–water partition coefficient (Wildman–Crippen LogP) is 4.59.